The number of carbonyl (C=O) groups excluding carboxylic acids is 1. The van der Waals surface area contributed by atoms with E-state index < -0.39 is 0 Å². The van der Waals surface area contributed by atoms with E-state index in [2.05, 4.69) is 6.07 Å². The molecule has 4 heteroatoms. The molecule has 0 radical (unpaired) electrons. The fraction of sp³-hybridized carbons (Fsp3) is 0.381. The second kappa shape index (κ2) is 6.87. The second-order valence-electron chi connectivity index (χ2n) is 6.85. The lowest BCUT2D eigenvalue weighted by Crippen LogP contribution is -2.45. The molecule has 1 amide bonds. The second-order valence-corrected chi connectivity index (χ2v) is 6.85. The van der Waals surface area contributed by atoms with Crippen molar-refractivity contribution in [1.82, 2.24) is 4.90 Å². The zero-order valence-electron chi connectivity index (χ0n) is 14.2. The molecule has 4 rings (SSSR count). The standard InChI is InChI=1S/C21H22FNO2/c22-18-8-4-9-19-21(18)16-6-3-5-15(13-16)14-17-7-1-2-11-23(17)20(24)10-12-25-19/h3-6,8-9,13,17H,1-2,7,10-12,14H2/t17-/m1/s1. The molecule has 25 heavy (non-hydrogen) atoms. The van der Waals surface area contributed by atoms with Gasteiger partial charge < -0.3 is 9.64 Å². The van der Waals surface area contributed by atoms with Crippen LogP contribution >= 0.6 is 0 Å². The van der Waals surface area contributed by atoms with Crippen molar-refractivity contribution in [2.45, 2.75) is 38.1 Å². The molecular formula is C21H22FNO2. The van der Waals surface area contributed by atoms with Gasteiger partial charge in [-0.15, -0.1) is 0 Å². The van der Waals surface area contributed by atoms with Crippen molar-refractivity contribution in [2.75, 3.05) is 13.2 Å². The van der Waals surface area contributed by atoms with Gasteiger partial charge in [0.05, 0.1) is 18.6 Å². The number of piperidine rings is 1. The van der Waals surface area contributed by atoms with Gasteiger partial charge in [-0.3, -0.25) is 4.79 Å². The van der Waals surface area contributed by atoms with E-state index >= 15 is 0 Å². The van der Waals surface area contributed by atoms with Crippen LogP contribution in [0, 0.1) is 5.82 Å². The number of fused-ring (bicyclic) bond motifs is 5. The summed E-state index contributed by atoms with van der Waals surface area (Å²) in [6.45, 7) is 1.10. The number of hydrogen-bond donors (Lipinski definition) is 0. The Balaban J connectivity index is 1.78. The lowest BCUT2D eigenvalue weighted by Gasteiger charge is -2.36. The van der Waals surface area contributed by atoms with Crippen LogP contribution in [0.1, 0.15) is 31.2 Å². The number of hydrogen-bond acceptors (Lipinski definition) is 2. The molecule has 1 saturated heterocycles. The minimum atomic E-state index is -0.294. The molecule has 3 nitrogen and oxygen atoms in total. The van der Waals surface area contributed by atoms with E-state index in [-0.39, 0.29) is 24.4 Å². The Morgan fingerprint density at radius 1 is 1.12 bits per heavy atom. The number of amides is 1. The summed E-state index contributed by atoms with van der Waals surface area (Å²) < 4.78 is 20.3. The zero-order valence-corrected chi connectivity index (χ0v) is 14.2. The molecule has 130 valence electrons. The van der Waals surface area contributed by atoms with Crippen LogP contribution in [0.25, 0.3) is 11.1 Å². The normalized spacial score (nSPS) is 20.6. The molecule has 2 aromatic rings. The van der Waals surface area contributed by atoms with Crippen LogP contribution in [0.2, 0.25) is 0 Å². The highest BCUT2D eigenvalue weighted by Crippen LogP contribution is 2.34. The van der Waals surface area contributed by atoms with Crippen LogP contribution in [-0.4, -0.2) is 30.0 Å². The number of rotatable bonds is 0. The number of nitrogens with zero attached hydrogens (tertiary/aromatic N) is 1. The van der Waals surface area contributed by atoms with Crippen LogP contribution in [0.5, 0.6) is 5.75 Å². The Morgan fingerprint density at radius 2 is 2.00 bits per heavy atom. The molecule has 1 fully saturated rings. The van der Waals surface area contributed by atoms with Gasteiger partial charge in [-0.1, -0.05) is 30.3 Å². The first-order valence-electron chi connectivity index (χ1n) is 9.02. The van der Waals surface area contributed by atoms with Gasteiger partial charge in [-0.25, -0.2) is 4.39 Å². The number of ether oxygens (including phenoxy) is 1. The van der Waals surface area contributed by atoms with Gasteiger partial charge in [0.25, 0.3) is 0 Å². The summed E-state index contributed by atoms with van der Waals surface area (Å²) in [6.07, 6.45) is 4.41. The summed E-state index contributed by atoms with van der Waals surface area (Å²) in [4.78, 5) is 14.7. The van der Waals surface area contributed by atoms with Crippen LogP contribution in [-0.2, 0) is 11.2 Å². The Bertz CT molecular complexity index is 789. The predicted octanol–water partition coefficient (Wildman–Crippen LogP) is 4.20. The molecule has 0 aromatic heterocycles. The van der Waals surface area contributed by atoms with Crippen molar-refractivity contribution < 1.29 is 13.9 Å². The maximum absolute atomic E-state index is 14.5. The predicted molar refractivity (Wildman–Crippen MR) is 95.0 cm³/mol. The smallest absolute Gasteiger partial charge is 0.226 e. The van der Waals surface area contributed by atoms with E-state index in [1.165, 1.54) is 6.07 Å². The van der Waals surface area contributed by atoms with Gasteiger partial charge in [0.1, 0.15) is 11.6 Å². The highest BCUT2D eigenvalue weighted by atomic mass is 19.1. The summed E-state index contributed by atoms with van der Waals surface area (Å²) in [5, 5.41) is 0. The molecule has 2 aliphatic heterocycles. The van der Waals surface area contributed by atoms with E-state index in [1.54, 1.807) is 12.1 Å². The van der Waals surface area contributed by atoms with Gasteiger partial charge in [-0.05, 0) is 48.9 Å². The zero-order chi connectivity index (χ0) is 17.2. The number of carbonyl (C=O) groups is 1. The van der Waals surface area contributed by atoms with Crippen molar-refractivity contribution in [2.24, 2.45) is 0 Å². The van der Waals surface area contributed by atoms with Crippen LogP contribution < -0.4 is 4.74 Å². The van der Waals surface area contributed by atoms with E-state index in [9.17, 15) is 9.18 Å². The quantitative estimate of drug-likeness (QED) is 0.720. The Labute approximate surface area is 147 Å². The molecule has 2 bridgehead atoms. The minimum Gasteiger partial charge on any atom is -0.492 e. The van der Waals surface area contributed by atoms with Gasteiger partial charge >= 0.3 is 0 Å². The first kappa shape index (κ1) is 16.1. The van der Waals surface area contributed by atoms with Crippen LogP contribution in [0.4, 0.5) is 4.39 Å². The Morgan fingerprint density at radius 3 is 2.92 bits per heavy atom. The summed E-state index contributed by atoms with van der Waals surface area (Å²) in [6, 6.07) is 13.1. The summed E-state index contributed by atoms with van der Waals surface area (Å²) in [5.74, 6) is 0.345. The van der Waals surface area contributed by atoms with E-state index in [4.69, 9.17) is 4.74 Å². The maximum Gasteiger partial charge on any atom is 0.226 e. The van der Waals surface area contributed by atoms with Gasteiger partial charge in [0, 0.05) is 12.6 Å². The van der Waals surface area contributed by atoms with Gasteiger partial charge in [0.15, 0.2) is 0 Å². The van der Waals surface area contributed by atoms with Crippen LogP contribution in [0.3, 0.4) is 0 Å². The molecule has 2 heterocycles. The first-order chi connectivity index (χ1) is 12.2. The van der Waals surface area contributed by atoms with E-state index in [0.717, 1.165) is 43.4 Å². The summed E-state index contributed by atoms with van der Waals surface area (Å²) in [7, 11) is 0. The molecule has 2 aliphatic rings. The molecule has 2 aromatic carbocycles. The molecule has 0 aliphatic carbocycles. The highest BCUT2D eigenvalue weighted by molar-refractivity contribution is 5.77. The molecule has 1 atom stereocenters. The topological polar surface area (TPSA) is 29.5 Å². The fourth-order valence-corrected chi connectivity index (χ4v) is 3.96. The third-order valence-electron chi connectivity index (χ3n) is 5.18. The van der Waals surface area contributed by atoms with Crippen molar-refractivity contribution in [1.29, 1.82) is 0 Å². The Hall–Kier alpha value is -2.36. The van der Waals surface area contributed by atoms with E-state index in [0.29, 0.717) is 17.7 Å². The van der Waals surface area contributed by atoms with Gasteiger partial charge in [-0.2, -0.15) is 0 Å². The van der Waals surface area contributed by atoms with Crippen LogP contribution in [0.15, 0.2) is 42.5 Å². The average molecular weight is 339 g/mol. The molecule has 0 unspecified atom stereocenters. The molecule has 0 saturated carbocycles. The molecule has 0 spiro atoms. The monoisotopic (exact) mass is 339 g/mol. The number of benzene rings is 2. The van der Waals surface area contributed by atoms with Crippen molar-refractivity contribution in [3.05, 3.63) is 53.8 Å². The maximum atomic E-state index is 14.5. The fourth-order valence-electron chi connectivity index (χ4n) is 3.96. The largest absolute Gasteiger partial charge is 0.492 e. The average Bonchev–Trinajstić information content (AvgIpc) is 2.62. The Kier molecular flexibility index (Phi) is 4.43. The summed E-state index contributed by atoms with van der Waals surface area (Å²) in [5.41, 5.74) is 2.45. The lowest BCUT2D eigenvalue weighted by atomic mass is 9.93. The van der Waals surface area contributed by atoms with Crippen molar-refractivity contribution in [3.8, 4) is 16.9 Å². The SMILES string of the molecule is O=C1CCOc2cccc(F)c2-c2cccc(c2)C[C@H]2CCCCN12. The third-order valence-corrected chi connectivity index (χ3v) is 5.18. The van der Waals surface area contributed by atoms with Crippen molar-refractivity contribution >= 4 is 5.91 Å². The first-order valence-corrected chi connectivity index (χ1v) is 9.02. The molecule has 0 N–H and O–H groups in total. The molecular weight excluding hydrogens is 317 g/mol. The minimum absolute atomic E-state index is 0.138. The highest BCUT2D eigenvalue weighted by Gasteiger charge is 2.27. The van der Waals surface area contributed by atoms with Crippen molar-refractivity contribution in [3.63, 3.8) is 0 Å². The summed E-state index contributed by atoms with van der Waals surface area (Å²) >= 11 is 0. The van der Waals surface area contributed by atoms with Gasteiger partial charge in [0.2, 0.25) is 5.91 Å². The lowest BCUT2D eigenvalue weighted by molar-refractivity contribution is -0.135. The van der Waals surface area contributed by atoms with E-state index in [1.807, 2.05) is 23.1 Å². The third kappa shape index (κ3) is 3.26. The number of halogens is 1.